The minimum absolute atomic E-state index is 0.135. The van der Waals surface area contributed by atoms with Gasteiger partial charge >= 0.3 is 0 Å². The third kappa shape index (κ3) is 5.86. The van der Waals surface area contributed by atoms with E-state index in [1.165, 1.54) is 30.2 Å². The lowest BCUT2D eigenvalue weighted by atomic mass is 10.2. The number of halogens is 2. The number of carbonyl (C=O) groups excluding carboxylic acids is 2. The summed E-state index contributed by atoms with van der Waals surface area (Å²) in [5.74, 6) is -0.604. The van der Waals surface area contributed by atoms with Crippen LogP contribution in [0.3, 0.4) is 0 Å². The Morgan fingerprint density at radius 2 is 1.74 bits per heavy atom. The summed E-state index contributed by atoms with van der Waals surface area (Å²) in [6, 6.07) is 10.3. The highest BCUT2D eigenvalue weighted by Gasteiger charge is 2.33. The zero-order valence-electron chi connectivity index (χ0n) is 16.6. The summed E-state index contributed by atoms with van der Waals surface area (Å²) in [5, 5.41) is 3.56. The zero-order valence-corrected chi connectivity index (χ0v) is 19.0. The molecular weight excluding hydrogens is 461 g/mol. The van der Waals surface area contributed by atoms with Gasteiger partial charge in [-0.2, -0.15) is 0 Å². The smallest absolute Gasteiger partial charge is 0.247 e. The predicted molar refractivity (Wildman–Crippen MR) is 122 cm³/mol. The van der Waals surface area contributed by atoms with Gasteiger partial charge in [0, 0.05) is 28.4 Å². The molecule has 3 rings (SSSR count). The third-order valence-electron chi connectivity index (χ3n) is 4.85. The Hall–Kier alpha value is -2.39. The van der Waals surface area contributed by atoms with Gasteiger partial charge in [0.2, 0.25) is 21.8 Å². The van der Waals surface area contributed by atoms with Gasteiger partial charge in [0.15, 0.2) is 0 Å². The van der Waals surface area contributed by atoms with Crippen LogP contribution in [0.2, 0.25) is 10.0 Å². The van der Waals surface area contributed by atoms with E-state index in [-0.39, 0.29) is 16.7 Å². The minimum Gasteiger partial charge on any atom is -0.327 e. The van der Waals surface area contributed by atoms with Crippen LogP contribution >= 0.6 is 23.2 Å². The first kappa shape index (κ1) is 23.3. The number of rotatable bonds is 6. The second-order valence-corrected chi connectivity index (χ2v) is 9.71. The van der Waals surface area contributed by atoms with Crippen molar-refractivity contribution >= 4 is 56.8 Å². The molecule has 1 saturated heterocycles. The number of carbonyl (C=O) groups is 2. The quantitative estimate of drug-likeness (QED) is 0.616. The van der Waals surface area contributed by atoms with Crippen molar-refractivity contribution in [1.82, 2.24) is 9.62 Å². The fourth-order valence-electron chi connectivity index (χ4n) is 3.29. The Bertz CT molecular complexity index is 1100. The molecule has 0 bridgehead atoms. The van der Waals surface area contributed by atoms with Gasteiger partial charge in [-0.3, -0.25) is 9.59 Å². The van der Waals surface area contributed by atoms with Gasteiger partial charge in [-0.1, -0.05) is 35.3 Å². The summed E-state index contributed by atoms with van der Waals surface area (Å²) in [6.07, 6.45) is 4.23. The van der Waals surface area contributed by atoms with E-state index in [9.17, 15) is 18.0 Å². The standard InChI is InChI=1S/C21H21Cl2N3O4S/c1-24-31(29,30)18-7-4-14(5-8-18)6-9-20(27)26-10-2-3-19(26)21(28)25-17-12-15(22)11-16(23)13-17/h4-9,11-13,19,24H,2-3,10H2,1H3,(H,25,28)/b9-6+. The van der Waals surface area contributed by atoms with Crippen molar-refractivity contribution in [2.24, 2.45) is 0 Å². The van der Waals surface area contributed by atoms with Crippen LogP contribution in [0.25, 0.3) is 6.08 Å². The molecular formula is C21H21Cl2N3O4S. The maximum absolute atomic E-state index is 12.7. The molecule has 1 unspecified atom stereocenters. The van der Waals surface area contributed by atoms with Crippen LogP contribution in [0.15, 0.2) is 53.4 Å². The molecule has 7 nitrogen and oxygen atoms in total. The lowest BCUT2D eigenvalue weighted by Gasteiger charge is -2.22. The summed E-state index contributed by atoms with van der Waals surface area (Å²) in [6.45, 7) is 0.469. The number of benzene rings is 2. The Morgan fingerprint density at radius 1 is 1.10 bits per heavy atom. The lowest BCUT2D eigenvalue weighted by molar-refractivity contribution is -0.132. The molecule has 31 heavy (non-hydrogen) atoms. The molecule has 2 N–H and O–H groups in total. The Morgan fingerprint density at radius 3 is 2.35 bits per heavy atom. The predicted octanol–water partition coefficient (Wildman–Crippen LogP) is 3.54. The summed E-state index contributed by atoms with van der Waals surface area (Å²) in [7, 11) is -2.18. The van der Waals surface area contributed by atoms with Crippen LogP contribution in [0.1, 0.15) is 18.4 Å². The molecule has 0 spiro atoms. The summed E-state index contributed by atoms with van der Waals surface area (Å²) in [5.41, 5.74) is 1.13. The van der Waals surface area contributed by atoms with Crippen molar-refractivity contribution < 1.29 is 18.0 Å². The molecule has 0 aromatic heterocycles. The maximum atomic E-state index is 12.7. The number of hydrogen-bond acceptors (Lipinski definition) is 4. The van der Waals surface area contributed by atoms with Crippen molar-refractivity contribution in [3.63, 3.8) is 0 Å². The summed E-state index contributed by atoms with van der Waals surface area (Å²) < 4.78 is 25.8. The number of amides is 2. The van der Waals surface area contributed by atoms with E-state index >= 15 is 0 Å². The normalized spacial score (nSPS) is 16.6. The van der Waals surface area contributed by atoms with Gasteiger partial charge in [-0.05, 0) is 61.9 Å². The number of likely N-dealkylation sites (tertiary alicyclic amines) is 1. The van der Waals surface area contributed by atoms with Gasteiger partial charge in [-0.25, -0.2) is 13.1 Å². The van der Waals surface area contributed by atoms with Gasteiger partial charge in [0.1, 0.15) is 6.04 Å². The molecule has 1 atom stereocenters. The molecule has 0 aliphatic carbocycles. The number of sulfonamides is 1. The van der Waals surface area contributed by atoms with Crippen LogP contribution in [-0.2, 0) is 19.6 Å². The first-order valence-corrected chi connectivity index (χ1v) is 11.7. The number of hydrogen-bond donors (Lipinski definition) is 2. The molecule has 1 aliphatic rings. The van der Waals surface area contributed by atoms with Gasteiger partial charge in [-0.15, -0.1) is 0 Å². The highest BCUT2D eigenvalue weighted by atomic mass is 35.5. The van der Waals surface area contributed by atoms with E-state index in [1.807, 2.05) is 0 Å². The van der Waals surface area contributed by atoms with E-state index in [2.05, 4.69) is 10.0 Å². The van der Waals surface area contributed by atoms with E-state index in [4.69, 9.17) is 23.2 Å². The summed E-state index contributed by atoms with van der Waals surface area (Å²) in [4.78, 5) is 27.0. The summed E-state index contributed by atoms with van der Waals surface area (Å²) >= 11 is 11.9. The molecule has 2 amide bonds. The van der Waals surface area contributed by atoms with E-state index in [0.29, 0.717) is 40.7 Å². The Kier molecular flexibility index (Phi) is 7.38. The van der Waals surface area contributed by atoms with Crippen molar-refractivity contribution in [2.45, 2.75) is 23.8 Å². The van der Waals surface area contributed by atoms with E-state index in [1.54, 1.807) is 36.4 Å². The lowest BCUT2D eigenvalue weighted by Crippen LogP contribution is -2.42. The number of nitrogens with one attached hydrogen (secondary N) is 2. The molecule has 1 aliphatic heterocycles. The SMILES string of the molecule is CNS(=O)(=O)c1ccc(/C=C/C(=O)N2CCCC2C(=O)Nc2cc(Cl)cc(Cl)c2)cc1. The fraction of sp³-hybridized carbons (Fsp3) is 0.238. The number of anilines is 1. The van der Waals surface area contributed by atoms with Gasteiger partial charge in [0.05, 0.1) is 4.90 Å². The van der Waals surface area contributed by atoms with Crippen molar-refractivity contribution in [3.05, 3.63) is 64.1 Å². The van der Waals surface area contributed by atoms with Gasteiger partial charge in [0.25, 0.3) is 0 Å². The highest BCUT2D eigenvalue weighted by molar-refractivity contribution is 7.89. The van der Waals surface area contributed by atoms with Crippen LogP contribution < -0.4 is 10.0 Å². The van der Waals surface area contributed by atoms with Crippen molar-refractivity contribution in [2.75, 3.05) is 18.9 Å². The first-order chi connectivity index (χ1) is 14.7. The number of nitrogens with zero attached hydrogens (tertiary/aromatic N) is 1. The van der Waals surface area contributed by atoms with E-state index < -0.39 is 16.1 Å². The van der Waals surface area contributed by atoms with Crippen LogP contribution in [0.5, 0.6) is 0 Å². The second-order valence-electron chi connectivity index (χ2n) is 6.95. The first-order valence-electron chi connectivity index (χ1n) is 9.49. The van der Waals surface area contributed by atoms with Gasteiger partial charge < -0.3 is 10.2 Å². The molecule has 164 valence electrons. The van der Waals surface area contributed by atoms with Crippen LogP contribution in [0.4, 0.5) is 5.69 Å². The molecule has 2 aromatic rings. The zero-order chi connectivity index (χ0) is 22.6. The highest BCUT2D eigenvalue weighted by Crippen LogP contribution is 2.25. The average Bonchev–Trinajstić information content (AvgIpc) is 3.22. The third-order valence-corrected chi connectivity index (χ3v) is 6.71. The van der Waals surface area contributed by atoms with Crippen molar-refractivity contribution in [1.29, 1.82) is 0 Å². The molecule has 1 heterocycles. The molecule has 10 heteroatoms. The molecule has 0 saturated carbocycles. The molecule has 2 aromatic carbocycles. The Labute approximate surface area is 191 Å². The Balaban J connectivity index is 1.67. The van der Waals surface area contributed by atoms with Crippen molar-refractivity contribution in [3.8, 4) is 0 Å². The fourth-order valence-corrected chi connectivity index (χ4v) is 4.55. The molecule has 1 fully saturated rings. The topological polar surface area (TPSA) is 95.6 Å². The van der Waals surface area contributed by atoms with Crippen LogP contribution in [-0.4, -0.2) is 44.8 Å². The maximum Gasteiger partial charge on any atom is 0.247 e. The largest absolute Gasteiger partial charge is 0.327 e. The van der Waals surface area contributed by atoms with E-state index in [0.717, 1.165) is 0 Å². The molecule has 0 radical (unpaired) electrons. The minimum atomic E-state index is -3.52. The monoisotopic (exact) mass is 481 g/mol. The van der Waals surface area contributed by atoms with Crippen LogP contribution in [0, 0.1) is 0 Å². The second kappa shape index (κ2) is 9.82. The average molecular weight is 482 g/mol.